The smallest absolute Gasteiger partial charge is 0.267 e. The minimum absolute atomic E-state index is 0.251. The third-order valence-corrected chi connectivity index (χ3v) is 4.20. The fourth-order valence-electron chi connectivity index (χ4n) is 2.09. The first-order chi connectivity index (χ1) is 10.8. The first kappa shape index (κ1) is 14.3. The molecule has 0 amide bonds. The molecule has 5 nitrogen and oxygen atoms in total. The maximum absolute atomic E-state index is 12.5. The van der Waals surface area contributed by atoms with Crippen LogP contribution in [0.4, 0.5) is 0 Å². The predicted molar refractivity (Wildman–Crippen MR) is 86.8 cm³/mol. The van der Waals surface area contributed by atoms with Gasteiger partial charge < -0.3 is 5.21 Å². The summed E-state index contributed by atoms with van der Waals surface area (Å²) in [6.07, 6.45) is 2.78. The summed E-state index contributed by atoms with van der Waals surface area (Å²) in [5.74, 6) is 0.683. The van der Waals surface area contributed by atoms with Crippen LogP contribution >= 0.6 is 11.8 Å². The van der Waals surface area contributed by atoms with Crippen LogP contribution in [0.5, 0.6) is 0 Å². The Kier molecular flexibility index (Phi) is 4.20. The van der Waals surface area contributed by atoms with Gasteiger partial charge in [-0.1, -0.05) is 41.6 Å². The van der Waals surface area contributed by atoms with Crippen molar-refractivity contribution < 1.29 is 5.21 Å². The van der Waals surface area contributed by atoms with Crippen molar-refractivity contribution in [1.29, 1.82) is 0 Å². The Morgan fingerprint density at radius 3 is 2.73 bits per heavy atom. The summed E-state index contributed by atoms with van der Waals surface area (Å²) in [5.41, 5.74) is 1.73. The summed E-state index contributed by atoms with van der Waals surface area (Å²) >= 11 is 1.44. The van der Waals surface area contributed by atoms with E-state index in [0.29, 0.717) is 16.4 Å². The minimum atomic E-state index is -0.251. The highest BCUT2D eigenvalue weighted by atomic mass is 32.2. The molecule has 0 aliphatic heterocycles. The molecule has 0 spiro atoms. The molecule has 0 radical (unpaired) electrons. The van der Waals surface area contributed by atoms with Gasteiger partial charge in [0.2, 0.25) is 0 Å². The van der Waals surface area contributed by atoms with E-state index in [9.17, 15) is 4.79 Å². The quantitative estimate of drug-likeness (QED) is 0.264. The summed E-state index contributed by atoms with van der Waals surface area (Å²) in [4.78, 5) is 17.0. The summed E-state index contributed by atoms with van der Waals surface area (Å²) in [5, 5.41) is 12.4. The van der Waals surface area contributed by atoms with Gasteiger partial charge in [0.15, 0.2) is 0 Å². The third kappa shape index (κ3) is 2.87. The molecule has 0 saturated heterocycles. The Labute approximate surface area is 130 Å². The number of hydrogen-bond acceptors (Lipinski definition) is 5. The molecule has 3 aromatic rings. The topological polar surface area (TPSA) is 67.0 Å². The second kappa shape index (κ2) is 6.44. The lowest BCUT2D eigenvalue weighted by molar-refractivity contribution is 0.321. The lowest BCUT2D eigenvalue weighted by Crippen LogP contribution is -2.20. The van der Waals surface area contributed by atoms with Crippen molar-refractivity contribution in [1.82, 2.24) is 9.38 Å². The second-order valence-electron chi connectivity index (χ2n) is 4.58. The van der Waals surface area contributed by atoms with Gasteiger partial charge in [-0.3, -0.25) is 9.20 Å². The zero-order valence-electron chi connectivity index (χ0n) is 11.6. The molecule has 0 unspecified atom stereocenters. The highest BCUT2D eigenvalue weighted by molar-refractivity contribution is 7.98. The molecule has 0 aliphatic carbocycles. The number of fused-ring (bicyclic) bond motifs is 1. The SMILES string of the molecule is O=c1c(C=NO)c(SCc2ccccc2)nc2ccccn12. The molecule has 0 aliphatic rings. The Bertz CT molecular complexity index is 875. The molecule has 6 heteroatoms. The lowest BCUT2D eigenvalue weighted by Gasteiger charge is -2.07. The normalized spacial score (nSPS) is 11.3. The van der Waals surface area contributed by atoms with Crippen molar-refractivity contribution in [3.05, 3.63) is 76.2 Å². The summed E-state index contributed by atoms with van der Waals surface area (Å²) < 4.78 is 1.43. The number of oxime groups is 1. The van der Waals surface area contributed by atoms with Crippen LogP contribution in [0.25, 0.3) is 5.65 Å². The first-order valence-electron chi connectivity index (χ1n) is 6.65. The largest absolute Gasteiger partial charge is 0.411 e. The van der Waals surface area contributed by atoms with Crippen LogP contribution in [0.2, 0.25) is 0 Å². The predicted octanol–water partition coefficient (Wildman–Crippen LogP) is 2.79. The Hall–Kier alpha value is -2.60. The van der Waals surface area contributed by atoms with Crippen LogP contribution in [-0.4, -0.2) is 20.8 Å². The van der Waals surface area contributed by atoms with Crippen LogP contribution in [0.15, 0.2) is 69.7 Å². The molecule has 1 N–H and O–H groups in total. The van der Waals surface area contributed by atoms with Gasteiger partial charge in [-0.25, -0.2) is 4.98 Å². The Balaban J connectivity index is 2.03. The van der Waals surface area contributed by atoms with E-state index in [1.54, 1.807) is 18.3 Å². The summed E-state index contributed by atoms with van der Waals surface area (Å²) in [6, 6.07) is 15.3. The zero-order chi connectivity index (χ0) is 15.4. The molecule has 0 fully saturated rings. The van der Waals surface area contributed by atoms with E-state index in [1.165, 1.54) is 16.2 Å². The van der Waals surface area contributed by atoms with Crippen molar-refractivity contribution in [2.24, 2.45) is 5.16 Å². The van der Waals surface area contributed by atoms with Gasteiger partial charge in [0.25, 0.3) is 5.56 Å². The van der Waals surface area contributed by atoms with Gasteiger partial charge in [-0.2, -0.15) is 0 Å². The van der Waals surface area contributed by atoms with Gasteiger partial charge >= 0.3 is 0 Å². The van der Waals surface area contributed by atoms with Crippen LogP contribution in [0, 0.1) is 0 Å². The van der Waals surface area contributed by atoms with Gasteiger partial charge in [-0.15, -0.1) is 11.8 Å². The standard InChI is InChI=1S/C16H13N3O2S/c20-16-13(10-17-21)15(18-14-8-4-5-9-19(14)16)22-11-12-6-2-1-3-7-12/h1-10,21H,11H2. The molecular formula is C16H13N3O2S. The van der Waals surface area contributed by atoms with Crippen LogP contribution in [0.3, 0.4) is 0 Å². The number of nitrogens with zero attached hydrogens (tertiary/aromatic N) is 3. The van der Waals surface area contributed by atoms with Crippen LogP contribution < -0.4 is 5.56 Å². The van der Waals surface area contributed by atoms with Crippen molar-refractivity contribution in [3.8, 4) is 0 Å². The number of hydrogen-bond donors (Lipinski definition) is 1. The van der Waals surface area contributed by atoms with E-state index in [-0.39, 0.29) is 11.1 Å². The number of thioether (sulfide) groups is 1. The molecular weight excluding hydrogens is 298 g/mol. The lowest BCUT2D eigenvalue weighted by atomic mass is 10.2. The third-order valence-electron chi connectivity index (χ3n) is 3.14. The molecule has 22 heavy (non-hydrogen) atoms. The Morgan fingerprint density at radius 1 is 1.18 bits per heavy atom. The van der Waals surface area contributed by atoms with Crippen LogP contribution in [0.1, 0.15) is 11.1 Å². The zero-order valence-corrected chi connectivity index (χ0v) is 12.4. The summed E-state index contributed by atoms with van der Waals surface area (Å²) in [6.45, 7) is 0. The number of rotatable bonds is 4. The number of pyridine rings is 1. The average molecular weight is 311 g/mol. The maximum Gasteiger partial charge on any atom is 0.267 e. The van der Waals surface area contributed by atoms with E-state index in [4.69, 9.17) is 5.21 Å². The molecule has 110 valence electrons. The maximum atomic E-state index is 12.5. The molecule has 3 rings (SSSR count). The average Bonchev–Trinajstić information content (AvgIpc) is 2.57. The fraction of sp³-hybridized carbons (Fsp3) is 0.0625. The highest BCUT2D eigenvalue weighted by Crippen LogP contribution is 2.22. The number of aromatic nitrogens is 2. The van der Waals surface area contributed by atoms with Gasteiger partial charge in [-0.05, 0) is 17.7 Å². The van der Waals surface area contributed by atoms with Crippen molar-refractivity contribution >= 4 is 23.6 Å². The van der Waals surface area contributed by atoms with E-state index in [0.717, 1.165) is 11.8 Å². The van der Waals surface area contributed by atoms with Crippen molar-refractivity contribution in [2.45, 2.75) is 10.8 Å². The van der Waals surface area contributed by atoms with E-state index < -0.39 is 0 Å². The van der Waals surface area contributed by atoms with Crippen molar-refractivity contribution in [2.75, 3.05) is 0 Å². The van der Waals surface area contributed by atoms with Gasteiger partial charge in [0.05, 0.1) is 11.8 Å². The Morgan fingerprint density at radius 2 is 1.95 bits per heavy atom. The van der Waals surface area contributed by atoms with Gasteiger partial charge in [0, 0.05) is 11.9 Å². The molecule has 1 aromatic carbocycles. The second-order valence-corrected chi connectivity index (χ2v) is 5.55. The fourth-order valence-corrected chi connectivity index (χ4v) is 3.04. The molecule has 2 heterocycles. The molecule has 0 saturated carbocycles. The van der Waals surface area contributed by atoms with Gasteiger partial charge in [0.1, 0.15) is 10.7 Å². The number of benzene rings is 1. The first-order valence-corrected chi connectivity index (χ1v) is 7.63. The summed E-state index contributed by atoms with van der Waals surface area (Å²) in [7, 11) is 0. The van der Waals surface area contributed by atoms with E-state index >= 15 is 0 Å². The molecule has 0 bridgehead atoms. The highest BCUT2D eigenvalue weighted by Gasteiger charge is 2.12. The van der Waals surface area contributed by atoms with Crippen molar-refractivity contribution in [3.63, 3.8) is 0 Å². The molecule has 2 aromatic heterocycles. The van der Waals surface area contributed by atoms with E-state index in [1.807, 2.05) is 36.4 Å². The van der Waals surface area contributed by atoms with E-state index in [2.05, 4.69) is 10.1 Å². The monoisotopic (exact) mass is 311 g/mol. The minimum Gasteiger partial charge on any atom is -0.411 e. The van der Waals surface area contributed by atoms with Crippen LogP contribution in [-0.2, 0) is 5.75 Å². The molecule has 0 atom stereocenters.